The Bertz CT molecular complexity index is 1230. The van der Waals surface area contributed by atoms with Crippen molar-refractivity contribution in [3.05, 3.63) is 57.4 Å². The average Bonchev–Trinajstić information content (AvgIpc) is 3.04. The maximum atomic E-state index is 13.5. The van der Waals surface area contributed by atoms with Gasteiger partial charge in [-0.15, -0.1) is 6.58 Å². The number of amides is 2. The molecule has 0 bridgehead atoms. The Balaban J connectivity index is 1.83. The van der Waals surface area contributed by atoms with E-state index in [1.807, 2.05) is 17.9 Å². The SMILES string of the molecule is C=CCN1C(=O)C(=Cc2c(N3CCC(C(N)=O)CC3)nc3c(C)cccn3c2=O)SC1=S. The van der Waals surface area contributed by atoms with Crippen molar-refractivity contribution in [1.29, 1.82) is 0 Å². The van der Waals surface area contributed by atoms with Gasteiger partial charge in [-0.3, -0.25) is 23.7 Å². The van der Waals surface area contributed by atoms with E-state index in [9.17, 15) is 14.4 Å². The van der Waals surface area contributed by atoms with E-state index < -0.39 is 0 Å². The number of aromatic nitrogens is 2. The van der Waals surface area contributed by atoms with Crippen molar-refractivity contribution in [3.63, 3.8) is 0 Å². The summed E-state index contributed by atoms with van der Waals surface area (Å²) in [4.78, 5) is 46.6. The molecule has 0 spiro atoms. The highest BCUT2D eigenvalue weighted by molar-refractivity contribution is 8.26. The second kappa shape index (κ2) is 8.87. The van der Waals surface area contributed by atoms with E-state index in [4.69, 9.17) is 22.9 Å². The normalized spacial score (nSPS) is 18.7. The number of fused-ring (bicyclic) bond motifs is 1. The smallest absolute Gasteiger partial charge is 0.267 e. The number of anilines is 1. The van der Waals surface area contributed by atoms with Crippen molar-refractivity contribution >= 4 is 57.7 Å². The molecule has 2 amide bonds. The first kappa shape index (κ1) is 22.2. The maximum Gasteiger partial charge on any atom is 0.267 e. The number of hydrogen-bond donors (Lipinski definition) is 1. The minimum atomic E-state index is -0.307. The fourth-order valence-electron chi connectivity index (χ4n) is 3.96. The van der Waals surface area contributed by atoms with E-state index >= 15 is 0 Å². The number of rotatable bonds is 5. The van der Waals surface area contributed by atoms with Crippen molar-refractivity contribution in [3.8, 4) is 0 Å². The summed E-state index contributed by atoms with van der Waals surface area (Å²) in [5.41, 5.74) is 6.95. The van der Waals surface area contributed by atoms with Crippen LogP contribution in [0.1, 0.15) is 24.0 Å². The molecule has 0 saturated carbocycles. The first-order valence-corrected chi connectivity index (χ1v) is 11.5. The number of aryl methyl sites for hydroxylation is 1. The molecule has 2 aromatic heterocycles. The molecule has 4 heterocycles. The highest BCUT2D eigenvalue weighted by Crippen LogP contribution is 2.34. The monoisotopic (exact) mass is 469 g/mol. The Labute approximate surface area is 194 Å². The van der Waals surface area contributed by atoms with Crippen LogP contribution in [0.15, 0.2) is 40.7 Å². The molecular formula is C22H23N5O3S2. The predicted molar refractivity (Wildman–Crippen MR) is 130 cm³/mol. The van der Waals surface area contributed by atoms with E-state index in [1.54, 1.807) is 24.4 Å². The summed E-state index contributed by atoms with van der Waals surface area (Å²) in [6, 6.07) is 3.68. The van der Waals surface area contributed by atoms with Crippen molar-refractivity contribution < 1.29 is 9.59 Å². The zero-order valence-corrected chi connectivity index (χ0v) is 19.2. The lowest BCUT2D eigenvalue weighted by molar-refractivity contribution is -0.122. The molecule has 0 atom stereocenters. The Kier molecular flexibility index (Phi) is 6.16. The van der Waals surface area contributed by atoms with E-state index in [2.05, 4.69) is 6.58 Å². The number of thiocarbonyl (C=S) groups is 1. The largest absolute Gasteiger partial charge is 0.369 e. The van der Waals surface area contributed by atoms with Crippen molar-refractivity contribution in [1.82, 2.24) is 14.3 Å². The van der Waals surface area contributed by atoms with Crippen LogP contribution in [0.2, 0.25) is 0 Å². The molecule has 2 aromatic rings. The molecule has 0 radical (unpaired) electrons. The van der Waals surface area contributed by atoms with E-state index in [0.717, 1.165) is 17.3 Å². The van der Waals surface area contributed by atoms with Crippen LogP contribution in [-0.4, -0.2) is 50.1 Å². The lowest BCUT2D eigenvalue weighted by atomic mass is 9.96. The highest BCUT2D eigenvalue weighted by atomic mass is 32.2. The Hall–Kier alpha value is -2.98. The van der Waals surface area contributed by atoms with Crippen LogP contribution in [-0.2, 0) is 9.59 Å². The predicted octanol–water partition coefficient (Wildman–Crippen LogP) is 2.09. The average molecular weight is 470 g/mol. The Morgan fingerprint density at radius 3 is 2.75 bits per heavy atom. The van der Waals surface area contributed by atoms with Gasteiger partial charge >= 0.3 is 0 Å². The quantitative estimate of drug-likeness (QED) is 0.406. The fraction of sp³-hybridized carbons (Fsp3) is 0.318. The standard InChI is InChI=1S/C22H23N5O3S2/c1-3-8-27-21(30)16(32-22(27)31)12-15-19(25-10-6-14(7-11-25)17(23)28)24-18-13(2)5-4-9-26(18)20(15)29/h3-5,9,12,14H,1,6-8,10-11H2,2H3,(H2,23,28). The third-order valence-corrected chi connectivity index (χ3v) is 7.10. The summed E-state index contributed by atoms with van der Waals surface area (Å²) in [7, 11) is 0. The summed E-state index contributed by atoms with van der Waals surface area (Å²) in [5, 5.41) is 0. The Morgan fingerprint density at radius 1 is 1.38 bits per heavy atom. The molecule has 0 aliphatic carbocycles. The lowest BCUT2D eigenvalue weighted by Crippen LogP contribution is -2.40. The number of carbonyl (C=O) groups is 2. The summed E-state index contributed by atoms with van der Waals surface area (Å²) in [5.74, 6) is -0.250. The van der Waals surface area contributed by atoms with Gasteiger partial charge in [-0.2, -0.15) is 0 Å². The second-order valence-corrected chi connectivity index (χ2v) is 9.46. The van der Waals surface area contributed by atoms with Gasteiger partial charge in [0, 0.05) is 31.7 Å². The van der Waals surface area contributed by atoms with Gasteiger partial charge in [0.2, 0.25) is 5.91 Å². The van der Waals surface area contributed by atoms with E-state index in [0.29, 0.717) is 58.7 Å². The van der Waals surface area contributed by atoms with Crippen molar-refractivity contribution in [2.75, 3.05) is 24.5 Å². The summed E-state index contributed by atoms with van der Waals surface area (Å²) < 4.78 is 1.92. The number of nitrogens with zero attached hydrogens (tertiary/aromatic N) is 4. The third kappa shape index (κ3) is 3.95. The zero-order chi connectivity index (χ0) is 23.0. The van der Waals surface area contributed by atoms with E-state index in [-0.39, 0.29) is 23.3 Å². The third-order valence-electron chi connectivity index (χ3n) is 5.72. The van der Waals surface area contributed by atoms with Crippen LogP contribution in [0.5, 0.6) is 0 Å². The minimum Gasteiger partial charge on any atom is -0.369 e. The molecule has 4 rings (SSSR count). The molecule has 2 N–H and O–H groups in total. The van der Waals surface area contributed by atoms with Crippen LogP contribution in [0.4, 0.5) is 5.82 Å². The number of pyridine rings is 1. The maximum absolute atomic E-state index is 13.5. The van der Waals surface area contributed by atoms with Gasteiger partial charge in [0.25, 0.3) is 11.5 Å². The molecule has 8 nitrogen and oxygen atoms in total. The van der Waals surface area contributed by atoms with Gasteiger partial charge in [0.15, 0.2) is 0 Å². The molecule has 2 aliphatic heterocycles. The second-order valence-electron chi connectivity index (χ2n) is 7.78. The van der Waals surface area contributed by atoms with Crippen LogP contribution >= 0.6 is 24.0 Å². The molecular weight excluding hydrogens is 446 g/mol. The number of piperidine rings is 1. The summed E-state index contributed by atoms with van der Waals surface area (Å²) in [6.07, 6.45) is 6.04. The molecule has 0 aromatic carbocycles. The Morgan fingerprint density at radius 2 is 2.09 bits per heavy atom. The molecule has 32 heavy (non-hydrogen) atoms. The molecule has 2 aliphatic rings. The number of carbonyl (C=O) groups excluding carboxylic acids is 2. The van der Waals surface area contributed by atoms with Gasteiger partial charge in [0.05, 0.1) is 10.5 Å². The van der Waals surface area contributed by atoms with Crippen LogP contribution in [0, 0.1) is 12.8 Å². The number of hydrogen-bond acceptors (Lipinski definition) is 7. The van der Waals surface area contributed by atoms with Crippen LogP contribution in [0.3, 0.4) is 0 Å². The molecule has 166 valence electrons. The van der Waals surface area contributed by atoms with Crippen LogP contribution in [0.25, 0.3) is 11.7 Å². The summed E-state index contributed by atoms with van der Waals surface area (Å²) >= 11 is 6.48. The number of primary amides is 1. The van der Waals surface area contributed by atoms with Gasteiger partial charge < -0.3 is 10.6 Å². The van der Waals surface area contributed by atoms with Crippen molar-refractivity contribution in [2.45, 2.75) is 19.8 Å². The van der Waals surface area contributed by atoms with E-state index in [1.165, 1.54) is 9.30 Å². The van der Waals surface area contributed by atoms with Gasteiger partial charge in [0.1, 0.15) is 15.8 Å². The van der Waals surface area contributed by atoms with Crippen LogP contribution < -0.4 is 16.2 Å². The lowest BCUT2D eigenvalue weighted by Gasteiger charge is -2.32. The fourth-order valence-corrected chi connectivity index (χ4v) is 5.22. The molecule has 10 heteroatoms. The van der Waals surface area contributed by atoms with Crippen molar-refractivity contribution in [2.24, 2.45) is 11.7 Å². The first-order valence-electron chi connectivity index (χ1n) is 10.2. The van der Waals surface area contributed by atoms with Gasteiger partial charge in [-0.25, -0.2) is 4.98 Å². The molecule has 2 saturated heterocycles. The molecule has 0 unspecified atom stereocenters. The number of thioether (sulfide) groups is 1. The highest BCUT2D eigenvalue weighted by Gasteiger charge is 2.33. The zero-order valence-electron chi connectivity index (χ0n) is 17.6. The molecule has 2 fully saturated rings. The number of nitrogens with two attached hydrogens (primary N) is 1. The first-order chi connectivity index (χ1) is 15.3. The van der Waals surface area contributed by atoms with Gasteiger partial charge in [-0.05, 0) is 37.5 Å². The summed E-state index contributed by atoms with van der Waals surface area (Å²) in [6.45, 7) is 6.95. The topological polar surface area (TPSA) is 101 Å². The minimum absolute atomic E-state index is 0.187. The van der Waals surface area contributed by atoms with Gasteiger partial charge in [-0.1, -0.05) is 36.1 Å².